The van der Waals surface area contributed by atoms with Crippen molar-refractivity contribution in [1.29, 1.82) is 0 Å². The van der Waals surface area contributed by atoms with E-state index in [9.17, 15) is 9.59 Å². The summed E-state index contributed by atoms with van der Waals surface area (Å²) in [5, 5.41) is 11.8. The number of amides is 2. The van der Waals surface area contributed by atoms with Crippen LogP contribution in [0.25, 0.3) is 0 Å². The van der Waals surface area contributed by atoms with Crippen LogP contribution in [0.2, 0.25) is 0 Å². The van der Waals surface area contributed by atoms with Gasteiger partial charge in [-0.05, 0) is 24.8 Å². The second-order valence-electron chi connectivity index (χ2n) is 5.24. The molecule has 2 rings (SSSR count). The fourth-order valence-electron chi connectivity index (χ4n) is 2.19. The van der Waals surface area contributed by atoms with E-state index in [1.165, 1.54) is 5.57 Å². The highest BCUT2D eigenvalue weighted by atomic mass is 16.5. The van der Waals surface area contributed by atoms with E-state index in [2.05, 4.69) is 5.32 Å². The number of hydrogen-bond acceptors (Lipinski definition) is 3. The fourth-order valence-corrected chi connectivity index (χ4v) is 2.19. The summed E-state index contributed by atoms with van der Waals surface area (Å²) in [5.74, 6) is -0.811. The van der Waals surface area contributed by atoms with Gasteiger partial charge in [-0.2, -0.15) is 0 Å². The van der Waals surface area contributed by atoms with Crippen LogP contribution in [-0.2, 0) is 9.53 Å². The Morgan fingerprint density at radius 1 is 1.53 bits per heavy atom. The summed E-state index contributed by atoms with van der Waals surface area (Å²) in [6.07, 6.45) is 4.11. The normalized spacial score (nSPS) is 20.7. The molecule has 1 heterocycles. The maximum Gasteiger partial charge on any atom is 0.317 e. The number of rotatable bonds is 5. The molecule has 1 saturated carbocycles. The molecule has 0 aromatic heterocycles. The lowest BCUT2D eigenvalue weighted by Crippen LogP contribution is -2.45. The number of ether oxygens (including phenoxy) is 1. The molecule has 0 aromatic rings. The van der Waals surface area contributed by atoms with Crippen LogP contribution in [0.1, 0.15) is 19.3 Å². The Bertz CT molecular complexity index is 401. The molecule has 2 aliphatic rings. The number of methoxy groups -OCH3 is 1. The van der Waals surface area contributed by atoms with Crippen molar-refractivity contribution in [2.45, 2.75) is 19.3 Å². The quantitative estimate of drug-likeness (QED) is 0.724. The predicted octanol–water partition coefficient (Wildman–Crippen LogP) is 0.839. The zero-order chi connectivity index (χ0) is 13.9. The molecular weight excluding hydrogens is 248 g/mol. The van der Waals surface area contributed by atoms with Crippen molar-refractivity contribution >= 4 is 12.0 Å². The number of hydrogen-bond donors (Lipinski definition) is 2. The Labute approximate surface area is 112 Å². The highest BCUT2D eigenvalue weighted by molar-refractivity contribution is 5.80. The average Bonchev–Trinajstić information content (AvgIpc) is 3.18. The van der Waals surface area contributed by atoms with Crippen molar-refractivity contribution in [3.8, 4) is 0 Å². The van der Waals surface area contributed by atoms with E-state index in [1.807, 2.05) is 6.08 Å². The van der Waals surface area contributed by atoms with Crippen LogP contribution in [0.5, 0.6) is 0 Å². The van der Waals surface area contributed by atoms with Gasteiger partial charge in [0.05, 0.1) is 12.0 Å². The van der Waals surface area contributed by atoms with Crippen molar-refractivity contribution < 1.29 is 19.4 Å². The second-order valence-corrected chi connectivity index (χ2v) is 5.24. The third-order valence-electron chi connectivity index (χ3n) is 3.81. The van der Waals surface area contributed by atoms with Gasteiger partial charge < -0.3 is 20.1 Å². The van der Waals surface area contributed by atoms with Crippen LogP contribution >= 0.6 is 0 Å². The zero-order valence-corrected chi connectivity index (χ0v) is 11.1. The van der Waals surface area contributed by atoms with Gasteiger partial charge in [-0.1, -0.05) is 6.08 Å². The molecule has 0 spiro atoms. The summed E-state index contributed by atoms with van der Waals surface area (Å²) < 4.78 is 5.05. The van der Waals surface area contributed by atoms with Gasteiger partial charge in [0.25, 0.3) is 0 Å². The number of carbonyl (C=O) groups excluding carboxylic acids is 1. The minimum atomic E-state index is -0.811. The summed E-state index contributed by atoms with van der Waals surface area (Å²) in [5.41, 5.74) is 0.499. The average molecular weight is 268 g/mol. The lowest BCUT2D eigenvalue weighted by molar-refractivity contribution is -0.143. The minimum absolute atomic E-state index is 0.180. The summed E-state index contributed by atoms with van der Waals surface area (Å²) >= 11 is 0. The van der Waals surface area contributed by atoms with Crippen molar-refractivity contribution in [1.82, 2.24) is 10.2 Å². The van der Waals surface area contributed by atoms with Gasteiger partial charge in [0.1, 0.15) is 0 Å². The first-order valence-corrected chi connectivity index (χ1v) is 6.50. The van der Waals surface area contributed by atoms with Crippen molar-refractivity contribution in [2.75, 3.05) is 33.4 Å². The first kappa shape index (κ1) is 13.9. The van der Waals surface area contributed by atoms with Gasteiger partial charge in [0.2, 0.25) is 0 Å². The number of nitrogens with zero attached hydrogens (tertiary/aromatic N) is 1. The molecule has 2 amide bonds. The van der Waals surface area contributed by atoms with Gasteiger partial charge in [0, 0.05) is 26.7 Å². The summed E-state index contributed by atoms with van der Waals surface area (Å²) in [6.45, 7) is 2.05. The molecule has 0 radical (unpaired) electrons. The maximum atomic E-state index is 11.9. The minimum Gasteiger partial charge on any atom is -0.481 e. The van der Waals surface area contributed by atoms with E-state index in [1.54, 1.807) is 12.0 Å². The smallest absolute Gasteiger partial charge is 0.317 e. The largest absolute Gasteiger partial charge is 0.481 e. The van der Waals surface area contributed by atoms with Crippen LogP contribution in [-0.4, -0.2) is 55.4 Å². The monoisotopic (exact) mass is 268 g/mol. The predicted molar refractivity (Wildman–Crippen MR) is 68.9 cm³/mol. The zero-order valence-electron chi connectivity index (χ0n) is 11.1. The topological polar surface area (TPSA) is 78.9 Å². The van der Waals surface area contributed by atoms with Crippen LogP contribution in [0.4, 0.5) is 4.79 Å². The van der Waals surface area contributed by atoms with Crippen LogP contribution in [0, 0.1) is 5.41 Å². The summed E-state index contributed by atoms with van der Waals surface area (Å²) in [4.78, 5) is 24.6. The number of nitrogens with one attached hydrogen (secondary N) is 1. The lowest BCUT2D eigenvalue weighted by Gasteiger charge is -2.27. The third kappa shape index (κ3) is 3.26. The van der Waals surface area contributed by atoms with Crippen molar-refractivity contribution in [3.05, 3.63) is 11.6 Å². The SMILES string of the molecule is COCC1=CCN(C(=O)NCC2(C(=O)O)CC2)CC1. The number of carboxylic acid groups (broad SMARTS) is 1. The Hall–Kier alpha value is -1.56. The van der Waals surface area contributed by atoms with Gasteiger partial charge in [0.15, 0.2) is 0 Å². The molecule has 2 N–H and O–H groups in total. The number of carboxylic acids is 1. The standard InChI is InChI=1S/C13H20N2O4/c1-19-8-10-2-6-15(7-3-10)12(18)14-9-13(4-5-13)11(16)17/h2H,3-9H2,1H3,(H,14,18)(H,16,17). The molecule has 0 bridgehead atoms. The van der Waals surface area contributed by atoms with E-state index < -0.39 is 11.4 Å². The highest BCUT2D eigenvalue weighted by Crippen LogP contribution is 2.45. The van der Waals surface area contributed by atoms with Crippen LogP contribution < -0.4 is 5.32 Å². The molecule has 6 heteroatoms. The van der Waals surface area contributed by atoms with Crippen molar-refractivity contribution in [2.24, 2.45) is 5.41 Å². The first-order chi connectivity index (χ1) is 9.07. The second kappa shape index (κ2) is 5.61. The Morgan fingerprint density at radius 3 is 2.74 bits per heavy atom. The van der Waals surface area contributed by atoms with E-state index in [4.69, 9.17) is 9.84 Å². The summed E-state index contributed by atoms with van der Waals surface area (Å²) in [6, 6.07) is -0.180. The molecule has 1 aliphatic carbocycles. The fraction of sp³-hybridized carbons (Fsp3) is 0.692. The third-order valence-corrected chi connectivity index (χ3v) is 3.81. The molecule has 6 nitrogen and oxygen atoms in total. The molecule has 106 valence electrons. The number of urea groups is 1. The van der Waals surface area contributed by atoms with E-state index >= 15 is 0 Å². The Morgan fingerprint density at radius 2 is 2.26 bits per heavy atom. The van der Waals surface area contributed by atoms with E-state index in [0.29, 0.717) is 32.5 Å². The number of aliphatic carboxylic acids is 1. The first-order valence-electron chi connectivity index (χ1n) is 6.50. The molecular formula is C13H20N2O4. The van der Waals surface area contributed by atoms with Crippen LogP contribution in [0.15, 0.2) is 11.6 Å². The Kier molecular flexibility index (Phi) is 4.09. The van der Waals surface area contributed by atoms with E-state index in [-0.39, 0.29) is 12.6 Å². The van der Waals surface area contributed by atoms with Gasteiger partial charge in [-0.15, -0.1) is 0 Å². The molecule has 0 saturated heterocycles. The van der Waals surface area contributed by atoms with Gasteiger partial charge in [-0.3, -0.25) is 4.79 Å². The molecule has 19 heavy (non-hydrogen) atoms. The van der Waals surface area contributed by atoms with Gasteiger partial charge >= 0.3 is 12.0 Å². The molecule has 0 unspecified atom stereocenters. The number of carbonyl (C=O) groups is 2. The van der Waals surface area contributed by atoms with E-state index in [0.717, 1.165) is 6.42 Å². The maximum absolute atomic E-state index is 11.9. The van der Waals surface area contributed by atoms with Crippen LogP contribution in [0.3, 0.4) is 0 Å². The molecule has 1 fully saturated rings. The molecule has 1 aliphatic heterocycles. The molecule has 0 atom stereocenters. The van der Waals surface area contributed by atoms with Gasteiger partial charge in [-0.25, -0.2) is 4.79 Å². The lowest BCUT2D eigenvalue weighted by atomic mass is 10.1. The molecule has 0 aromatic carbocycles. The Balaban J connectivity index is 1.77. The van der Waals surface area contributed by atoms with Crippen molar-refractivity contribution in [3.63, 3.8) is 0 Å². The highest BCUT2D eigenvalue weighted by Gasteiger charge is 2.50. The summed E-state index contributed by atoms with van der Waals surface area (Å²) in [7, 11) is 1.65.